The van der Waals surface area contributed by atoms with Crippen molar-refractivity contribution >= 4 is 56.9 Å². The molecule has 49 heavy (non-hydrogen) atoms. The summed E-state index contributed by atoms with van der Waals surface area (Å²) >= 11 is 11.4. The zero-order chi connectivity index (χ0) is 35.2. The average molecular weight is 770 g/mol. The Labute approximate surface area is 300 Å². The number of nitrogens with zero attached hydrogens (tertiary/aromatic N) is 2. The Morgan fingerprint density at radius 2 is 1.76 bits per heavy atom. The van der Waals surface area contributed by atoms with E-state index in [1.54, 1.807) is 51.1 Å². The Bertz CT molecular complexity index is 2080. The predicted octanol–water partition coefficient (Wildman–Crippen LogP) is 6.05. The van der Waals surface area contributed by atoms with Crippen molar-refractivity contribution in [2.45, 2.75) is 40.3 Å². The van der Waals surface area contributed by atoms with Crippen LogP contribution in [-0.4, -0.2) is 43.4 Å². The zero-order valence-corrected chi connectivity index (χ0v) is 30.7. The summed E-state index contributed by atoms with van der Waals surface area (Å²) in [6.45, 7) is 7.70. The van der Waals surface area contributed by atoms with Gasteiger partial charge in [0.1, 0.15) is 6.61 Å². The molecule has 4 aromatic rings. The number of benzene rings is 3. The number of carbonyl (C=O) groups excluding carboxylic acids is 2. The first-order valence-corrected chi connectivity index (χ1v) is 17.4. The molecular formula is C36H34BrClN2O8S. The molecular weight excluding hydrogens is 736 g/mol. The summed E-state index contributed by atoms with van der Waals surface area (Å²) in [5.74, 6) is -0.0354. The van der Waals surface area contributed by atoms with Crippen LogP contribution < -0.4 is 29.1 Å². The lowest BCUT2D eigenvalue weighted by Gasteiger charge is -2.25. The Morgan fingerprint density at radius 3 is 2.43 bits per heavy atom. The second kappa shape index (κ2) is 15.9. The van der Waals surface area contributed by atoms with Crippen molar-refractivity contribution in [1.82, 2.24) is 4.57 Å². The van der Waals surface area contributed by atoms with Crippen LogP contribution in [0.1, 0.15) is 49.1 Å². The highest BCUT2D eigenvalue weighted by Gasteiger charge is 2.34. The van der Waals surface area contributed by atoms with Crippen LogP contribution in [-0.2, 0) is 25.7 Å². The molecule has 2 heterocycles. The Balaban J connectivity index is 1.56. The largest absolute Gasteiger partial charge is 0.490 e. The smallest absolute Gasteiger partial charge is 0.343 e. The van der Waals surface area contributed by atoms with Gasteiger partial charge in [0.05, 0.1) is 51.7 Å². The van der Waals surface area contributed by atoms with E-state index in [0.717, 1.165) is 11.1 Å². The van der Waals surface area contributed by atoms with Crippen molar-refractivity contribution in [3.63, 3.8) is 0 Å². The molecule has 0 radical (unpaired) electrons. The third-order valence-electron chi connectivity index (χ3n) is 7.50. The van der Waals surface area contributed by atoms with Gasteiger partial charge in [-0.1, -0.05) is 58.8 Å². The number of ether oxygens (including phenoxy) is 5. The lowest BCUT2D eigenvalue weighted by atomic mass is 9.95. The van der Waals surface area contributed by atoms with Gasteiger partial charge in [-0.15, -0.1) is 0 Å². The number of rotatable bonds is 12. The number of hydrogen-bond acceptors (Lipinski definition) is 10. The van der Waals surface area contributed by atoms with E-state index in [1.165, 1.54) is 23.0 Å². The molecule has 0 saturated heterocycles. The lowest BCUT2D eigenvalue weighted by Crippen LogP contribution is -2.40. The Kier molecular flexibility index (Phi) is 11.6. The Morgan fingerprint density at radius 1 is 1.00 bits per heavy atom. The number of hydrogen-bond donors (Lipinski definition) is 0. The molecule has 0 N–H and O–H groups in total. The summed E-state index contributed by atoms with van der Waals surface area (Å²) in [6.07, 6.45) is 1.72. The standard InChI is InChI=1S/C36H34BrClN2O8S/c1-6-45-28-17-24(12-13-27(28)47-19-30(41)44-5)32-31(35(43)46-7-2)21(4)39-36-40(32)34(42)29(49-36)16-23-14-25(37)33(26(38)15-23)48-18-22-10-8-20(3)9-11-22/h8-17,32H,6-7,18-19H2,1-5H3/b29-16-/t32-/m0/s1. The summed E-state index contributed by atoms with van der Waals surface area (Å²) in [5, 5.41) is 0.372. The lowest BCUT2D eigenvalue weighted by molar-refractivity contribution is -0.143. The van der Waals surface area contributed by atoms with E-state index in [1.807, 2.05) is 37.3 Å². The van der Waals surface area contributed by atoms with E-state index in [-0.39, 0.29) is 24.3 Å². The maximum absolute atomic E-state index is 14.2. The van der Waals surface area contributed by atoms with Crippen molar-refractivity contribution in [3.8, 4) is 17.2 Å². The number of aryl methyl sites for hydroxylation is 1. The molecule has 0 bridgehead atoms. The summed E-state index contributed by atoms with van der Waals surface area (Å²) in [6, 6.07) is 15.7. The normalized spacial score (nSPS) is 14.2. The van der Waals surface area contributed by atoms with Crippen molar-refractivity contribution in [2.75, 3.05) is 26.9 Å². The fourth-order valence-corrected chi connectivity index (χ4v) is 7.21. The molecule has 0 unspecified atom stereocenters. The van der Waals surface area contributed by atoms with Gasteiger partial charge in [0.25, 0.3) is 5.56 Å². The van der Waals surface area contributed by atoms with Crippen LogP contribution in [0.5, 0.6) is 17.2 Å². The van der Waals surface area contributed by atoms with Crippen molar-refractivity contribution in [1.29, 1.82) is 0 Å². The molecule has 256 valence electrons. The number of allylic oxidation sites excluding steroid dienone is 1. The SMILES string of the molecule is CCOC(=O)C1=C(C)N=c2s/c(=C\c3cc(Cl)c(OCc4ccc(C)cc4)c(Br)c3)c(=O)n2[C@H]1c1ccc(OCC(=O)OC)c(OCC)c1. The van der Waals surface area contributed by atoms with Crippen LogP contribution in [0.4, 0.5) is 0 Å². The fourth-order valence-electron chi connectivity index (χ4n) is 5.18. The van der Waals surface area contributed by atoms with E-state index in [4.69, 9.17) is 30.5 Å². The molecule has 0 saturated carbocycles. The number of aromatic nitrogens is 1. The van der Waals surface area contributed by atoms with Crippen LogP contribution in [0, 0.1) is 6.92 Å². The minimum absolute atomic E-state index is 0.137. The monoisotopic (exact) mass is 768 g/mol. The molecule has 10 nitrogen and oxygen atoms in total. The van der Waals surface area contributed by atoms with Crippen LogP contribution >= 0.6 is 38.9 Å². The molecule has 1 aliphatic heterocycles. The number of halogens is 2. The first-order chi connectivity index (χ1) is 23.5. The predicted molar refractivity (Wildman–Crippen MR) is 190 cm³/mol. The quantitative estimate of drug-likeness (QED) is 0.160. The second-order valence-electron chi connectivity index (χ2n) is 10.9. The minimum atomic E-state index is -0.890. The van der Waals surface area contributed by atoms with Crippen molar-refractivity contribution in [2.24, 2.45) is 4.99 Å². The van der Waals surface area contributed by atoms with Crippen LogP contribution in [0.25, 0.3) is 6.08 Å². The third-order valence-corrected chi connectivity index (χ3v) is 9.35. The van der Waals surface area contributed by atoms with Gasteiger partial charge in [0.15, 0.2) is 28.7 Å². The molecule has 3 aromatic carbocycles. The molecule has 0 amide bonds. The number of esters is 2. The zero-order valence-electron chi connectivity index (χ0n) is 27.5. The fraction of sp³-hybridized carbons (Fsp3) is 0.278. The molecule has 5 rings (SSSR count). The third kappa shape index (κ3) is 8.09. The summed E-state index contributed by atoms with van der Waals surface area (Å²) in [7, 11) is 1.27. The summed E-state index contributed by atoms with van der Waals surface area (Å²) in [4.78, 5) is 44.3. The molecule has 1 aliphatic rings. The van der Waals surface area contributed by atoms with Crippen LogP contribution in [0.2, 0.25) is 5.02 Å². The number of methoxy groups -OCH3 is 1. The van der Waals surface area contributed by atoms with Gasteiger partial charge >= 0.3 is 11.9 Å². The highest BCUT2D eigenvalue weighted by Crippen LogP contribution is 2.37. The topological polar surface area (TPSA) is 115 Å². The Hall–Kier alpha value is -4.39. The first kappa shape index (κ1) is 35.9. The van der Waals surface area contributed by atoms with E-state index in [9.17, 15) is 14.4 Å². The summed E-state index contributed by atoms with van der Waals surface area (Å²) in [5.41, 5.74) is 3.65. The minimum Gasteiger partial charge on any atom is -0.490 e. The number of carbonyl (C=O) groups is 2. The van der Waals surface area contributed by atoms with Gasteiger partial charge in [0.2, 0.25) is 0 Å². The first-order valence-electron chi connectivity index (χ1n) is 15.4. The van der Waals surface area contributed by atoms with E-state index >= 15 is 0 Å². The highest BCUT2D eigenvalue weighted by atomic mass is 79.9. The van der Waals surface area contributed by atoms with Gasteiger partial charge < -0.3 is 23.7 Å². The van der Waals surface area contributed by atoms with E-state index in [2.05, 4.69) is 25.7 Å². The van der Waals surface area contributed by atoms with Crippen molar-refractivity contribution < 1.29 is 33.3 Å². The van der Waals surface area contributed by atoms with Gasteiger partial charge in [-0.2, -0.15) is 0 Å². The van der Waals surface area contributed by atoms with Gasteiger partial charge in [0, 0.05) is 0 Å². The van der Waals surface area contributed by atoms with Gasteiger partial charge in [-0.25, -0.2) is 14.6 Å². The highest BCUT2D eigenvalue weighted by molar-refractivity contribution is 9.10. The molecule has 1 atom stereocenters. The summed E-state index contributed by atoms with van der Waals surface area (Å²) < 4.78 is 30.1. The van der Waals surface area contributed by atoms with Gasteiger partial charge in [-0.3, -0.25) is 9.36 Å². The van der Waals surface area contributed by atoms with E-state index in [0.29, 0.717) is 66.1 Å². The van der Waals surface area contributed by atoms with Crippen LogP contribution in [0.15, 0.2) is 80.1 Å². The maximum Gasteiger partial charge on any atom is 0.343 e. The van der Waals surface area contributed by atoms with Gasteiger partial charge in [-0.05, 0) is 90.7 Å². The average Bonchev–Trinajstić information content (AvgIpc) is 3.37. The molecule has 13 heteroatoms. The van der Waals surface area contributed by atoms with E-state index < -0.39 is 18.0 Å². The van der Waals surface area contributed by atoms with Crippen molar-refractivity contribution in [3.05, 3.63) is 117 Å². The molecule has 1 aromatic heterocycles. The number of fused-ring (bicyclic) bond motifs is 1. The number of thiazole rings is 1. The molecule has 0 fully saturated rings. The second-order valence-corrected chi connectivity index (χ2v) is 13.2. The molecule has 0 aliphatic carbocycles. The maximum atomic E-state index is 14.2. The molecule has 0 spiro atoms. The van der Waals surface area contributed by atoms with Crippen LogP contribution in [0.3, 0.4) is 0 Å².